The Bertz CT molecular complexity index is 454. The third-order valence-corrected chi connectivity index (χ3v) is 4.23. The molecular weight excluding hydrogens is 309 g/mol. The van der Waals surface area contributed by atoms with Gasteiger partial charge in [0, 0.05) is 0 Å². The van der Waals surface area contributed by atoms with Crippen molar-refractivity contribution in [2.45, 2.75) is 26.3 Å². The van der Waals surface area contributed by atoms with Crippen LogP contribution in [0.4, 0.5) is 0 Å². The summed E-state index contributed by atoms with van der Waals surface area (Å²) in [6, 6.07) is 0.810. The number of amides is 1. The van der Waals surface area contributed by atoms with E-state index < -0.39 is 12.0 Å². The molecule has 0 aliphatic heterocycles. The SMILES string of the molecule is COC(=O)C(CC(C)C)NC(=O)c1cc(Cl)c(Cl)s1. The smallest absolute Gasteiger partial charge is 0.328 e. The van der Waals surface area contributed by atoms with Crippen molar-refractivity contribution in [1.82, 2.24) is 5.32 Å². The van der Waals surface area contributed by atoms with Crippen LogP contribution < -0.4 is 5.32 Å². The maximum atomic E-state index is 12.0. The summed E-state index contributed by atoms with van der Waals surface area (Å²) >= 11 is 12.7. The minimum atomic E-state index is -0.669. The molecular formula is C12H15Cl2NO3S. The minimum absolute atomic E-state index is 0.250. The summed E-state index contributed by atoms with van der Waals surface area (Å²) in [4.78, 5) is 24.0. The molecule has 0 aliphatic rings. The Morgan fingerprint density at radius 1 is 1.42 bits per heavy atom. The highest BCUT2D eigenvalue weighted by atomic mass is 35.5. The van der Waals surface area contributed by atoms with Crippen molar-refractivity contribution >= 4 is 46.4 Å². The van der Waals surface area contributed by atoms with Crippen LogP contribution in [0, 0.1) is 5.92 Å². The third-order valence-electron chi connectivity index (χ3n) is 2.37. The topological polar surface area (TPSA) is 55.4 Å². The summed E-state index contributed by atoms with van der Waals surface area (Å²) in [5.41, 5.74) is 0. The average molecular weight is 324 g/mol. The van der Waals surface area contributed by atoms with Gasteiger partial charge in [-0.1, -0.05) is 37.0 Å². The summed E-state index contributed by atoms with van der Waals surface area (Å²) < 4.78 is 5.03. The molecule has 7 heteroatoms. The zero-order valence-corrected chi connectivity index (χ0v) is 13.2. The van der Waals surface area contributed by atoms with E-state index in [0.717, 1.165) is 11.3 Å². The molecule has 0 radical (unpaired) electrons. The Kier molecular flexibility index (Phi) is 6.10. The first-order valence-corrected chi connectivity index (χ1v) is 7.26. The highest BCUT2D eigenvalue weighted by molar-refractivity contribution is 7.18. The van der Waals surface area contributed by atoms with Crippen LogP contribution in [0.2, 0.25) is 9.36 Å². The van der Waals surface area contributed by atoms with E-state index in [1.165, 1.54) is 13.2 Å². The standard InChI is InChI=1S/C12H15Cl2NO3S/c1-6(2)4-8(12(17)18-3)15-11(16)9-5-7(13)10(14)19-9/h5-6,8H,4H2,1-3H3,(H,15,16). The molecule has 0 bridgehead atoms. The highest BCUT2D eigenvalue weighted by Crippen LogP contribution is 2.31. The van der Waals surface area contributed by atoms with Gasteiger partial charge in [0.1, 0.15) is 10.4 Å². The van der Waals surface area contributed by atoms with Gasteiger partial charge in [-0.15, -0.1) is 11.3 Å². The predicted molar refractivity (Wildman–Crippen MR) is 77.1 cm³/mol. The highest BCUT2D eigenvalue weighted by Gasteiger charge is 2.24. The molecule has 0 fully saturated rings. The number of thiophene rings is 1. The van der Waals surface area contributed by atoms with Gasteiger partial charge in [-0.3, -0.25) is 4.79 Å². The van der Waals surface area contributed by atoms with Gasteiger partial charge in [-0.25, -0.2) is 4.79 Å². The number of esters is 1. The molecule has 0 saturated carbocycles. The third kappa shape index (κ3) is 4.67. The molecule has 0 spiro atoms. The van der Waals surface area contributed by atoms with Gasteiger partial charge in [-0.2, -0.15) is 0 Å². The fourth-order valence-corrected chi connectivity index (χ4v) is 2.79. The first kappa shape index (κ1) is 16.3. The fraction of sp³-hybridized carbons (Fsp3) is 0.500. The zero-order chi connectivity index (χ0) is 14.6. The lowest BCUT2D eigenvalue weighted by molar-refractivity contribution is -0.143. The van der Waals surface area contributed by atoms with Gasteiger partial charge in [0.15, 0.2) is 0 Å². The van der Waals surface area contributed by atoms with E-state index in [1.807, 2.05) is 13.8 Å². The minimum Gasteiger partial charge on any atom is -0.467 e. The summed E-state index contributed by atoms with van der Waals surface area (Å²) in [6.45, 7) is 3.92. The van der Waals surface area contributed by atoms with E-state index in [0.29, 0.717) is 20.7 Å². The van der Waals surface area contributed by atoms with Crippen molar-refractivity contribution in [2.24, 2.45) is 5.92 Å². The zero-order valence-electron chi connectivity index (χ0n) is 10.8. The molecule has 1 unspecified atom stereocenters. The molecule has 4 nitrogen and oxygen atoms in total. The number of hydrogen-bond donors (Lipinski definition) is 1. The monoisotopic (exact) mass is 323 g/mol. The number of nitrogens with one attached hydrogen (secondary N) is 1. The number of methoxy groups -OCH3 is 1. The number of halogens is 2. The molecule has 106 valence electrons. The Morgan fingerprint density at radius 3 is 2.47 bits per heavy atom. The average Bonchev–Trinajstić information content (AvgIpc) is 2.67. The van der Waals surface area contributed by atoms with Crippen LogP contribution in [0.1, 0.15) is 29.9 Å². The molecule has 1 heterocycles. The second-order valence-corrected chi connectivity index (χ2v) is 6.47. The molecule has 0 aromatic carbocycles. The molecule has 1 aromatic rings. The molecule has 0 aliphatic carbocycles. The van der Waals surface area contributed by atoms with Crippen LogP contribution in [-0.4, -0.2) is 25.0 Å². The molecule has 1 atom stereocenters. The van der Waals surface area contributed by atoms with Gasteiger partial charge in [0.2, 0.25) is 0 Å². The molecule has 1 N–H and O–H groups in total. The maximum Gasteiger partial charge on any atom is 0.328 e. The van der Waals surface area contributed by atoms with Crippen molar-refractivity contribution in [1.29, 1.82) is 0 Å². The lowest BCUT2D eigenvalue weighted by atomic mass is 10.0. The Labute approximate surface area is 126 Å². The lowest BCUT2D eigenvalue weighted by Gasteiger charge is -2.17. The van der Waals surface area contributed by atoms with E-state index in [1.54, 1.807) is 0 Å². The van der Waals surface area contributed by atoms with Gasteiger partial charge in [0.25, 0.3) is 5.91 Å². The fourth-order valence-electron chi connectivity index (χ4n) is 1.52. The van der Waals surface area contributed by atoms with Crippen LogP contribution in [-0.2, 0) is 9.53 Å². The lowest BCUT2D eigenvalue weighted by Crippen LogP contribution is -2.42. The molecule has 1 aromatic heterocycles. The van der Waals surface area contributed by atoms with Crippen molar-refractivity contribution in [3.63, 3.8) is 0 Å². The molecule has 1 amide bonds. The summed E-state index contributed by atoms with van der Waals surface area (Å²) in [5.74, 6) is -0.592. The van der Waals surface area contributed by atoms with Gasteiger partial charge < -0.3 is 10.1 Å². The van der Waals surface area contributed by atoms with Crippen LogP contribution in [0.3, 0.4) is 0 Å². The van der Waals surface area contributed by atoms with E-state index in [2.05, 4.69) is 10.1 Å². The van der Waals surface area contributed by atoms with Crippen molar-refractivity contribution in [2.75, 3.05) is 7.11 Å². The Hall–Kier alpha value is -0.780. The van der Waals surface area contributed by atoms with Crippen molar-refractivity contribution < 1.29 is 14.3 Å². The van der Waals surface area contributed by atoms with Gasteiger partial charge >= 0.3 is 5.97 Å². The number of rotatable bonds is 5. The number of ether oxygens (including phenoxy) is 1. The first-order chi connectivity index (χ1) is 8.85. The number of carbonyl (C=O) groups is 2. The Morgan fingerprint density at radius 2 is 2.05 bits per heavy atom. The predicted octanol–water partition coefficient (Wildman–Crippen LogP) is 3.37. The van der Waals surface area contributed by atoms with Crippen molar-refractivity contribution in [3.05, 3.63) is 20.3 Å². The number of carbonyl (C=O) groups excluding carboxylic acids is 2. The molecule has 0 saturated heterocycles. The van der Waals surface area contributed by atoms with E-state index in [9.17, 15) is 9.59 Å². The van der Waals surface area contributed by atoms with E-state index in [4.69, 9.17) is 23.2 Å². The normalized spacial score (nSPS) is 12.3. The van der Waals surface area contributed by atoms with Crippen molar-refractivity contribution in [3.8, 4) is 0 Å². The van der Waals surface area contributed by atoms with Crippen LogP contribution in [0.25, 0.3) is 0 Å². The van der Waals surface area contributed by atoms with Crippen LogP contribution in [0.15, 0.2) is 6.07 Å². The number of hydrogen-bond acceptors (Lipinski definition) is 4. The van der Waals surface area contributed by atoms with E-state index >= 15 is 0 Å². The summed E-state index contributed by atoms with van der Waals surface area (Å²) in [6.07, 6.45) is 0.505. The maximum absolute atomic E-state index is 12.0. The first-order valence-electron chi connectivity index (χ1n) is 5.68. The largest absolute Gasteiger partial charge is 0.467 e. The quantitative estimate of drug-likeness (QED) is 0.845. The van der Waals surface area contributed by atoms with Crippen LogP contribution >= 0.6 is 34.5 Å². The summed E-state index contributed by atoms with van der Waals surface area (Å²) in [7, 11) is 1.29. The van der Waals surface area contributed by atoms with Crippen LogP contribution in [0.5, 0.6) is 0 Å². The summed E-state index contributed by atoms with van der Waals surface area (Å²) in [5, 5.41) is 2.96. The second kappa shape index (κ2) is 7.12. The molecule has 19 heavy (non-hydrogen) atoms. The van der Waals surface area contributed by atoms with Gasteiger partial charge in [0.05, 0.1) is 17.0 Å². The Balaban J connectivity index is 2.78. The van der Waals surface area contributed by atoms with E-state index in [-0.39, 0.29) is 11.8 Å². The van der Waals surface area contributed by atoms with Gasteiger partial charge in [-0.05, 0) is 18.4 Å². The second-order valence-electron chi connectivity index (χ2n) is 4.41. The molecule has 1 rings (SSSR count).